The Morgan fingerprint density at radius 1 is 1.53 bits per heavy atom. The fraction of sp³-hybridized carbons (Fsp3) is 0.545. The predicted octanol–water partition coefficient (Wildman–Crippen LogP) is 2.97. The molecule has 0 aliphatic carbocycles. The van der Waals surface area contributed by atoms with E-state index in [4.69, 9.17) is 9.52 Å². The molecule has 0 atom stereocenters. The van der Waals surface area contributed by atoms with Crippen LogP contribution in [0.1, 0.15) is 44.2 Å². The average Bonchev–Trinajstić information content (AvgIpc) is 2.51. The molecule has 15 heavy (non-hydrogen) atoms. The maximum Gasteiger partial charge on any atom is 0.371 e. The van der Waals surface area contributed by atoms with E-state index >= 15 is 0 Å². The second-order valence-electron chi connectivity index (χ2n) is 4.23. The lowest BCUT2D eigenvalue weighted by Crippen LogP contribution is -2.30. The summed E-state index contributed by atoms with van der Waals surface area (Å²) in [6.45, 7) is 6.22. The van der Waals surface area contributed by atoms with Crippen molar-refractivity contribution >= 4 is 11.9 Å². The molecular weight excluding hydrogens is 194 g/mol. The molecule has 0 amide bonds. The summed E-state index contributed by atoms with van der Waals surface area (Å²) in [6.07, 6.45) is 2.06. The van der Waals surface area contributed by atoms with Crippen molar-refractivity contribution in [1.82, 2.24) is 0 Å². The fourth-order valence-corrected chi connectivity index (χ4v) is 1.54. The van der Waals surface area contributed by atoms with Gasteiger partial charge in [0.1, 0.15) is 0 Å². The van der Waals surface area contributed by atoms with Gasteiger partial charge < -0.3 is 14.8 Å². The Morgan fingerprint density at radius 2 is 2.20 bits per heavy atom. The van der Waals surface area contributed by atoms with Gasteiger partial charge in [0.2, 0.25) is 5.76 Å². The van der Waals surface area contributed by atoms with Gasteiger partial charge in [0, 0.05) is 11.6 Å². The largest absolute Gasteiger partial charge is 0.475 e. The van der Waals surface area contributed by atoms with E-state index in [-0.39, 0.29) is 11.3 Å². The molecular formula is C11H17NO3. The van der Waals surface area contributed by atoms with E-state index in [1.807, 2.05) is 0 Å². The van der Waals surface area contributed by atoms with Gasteiger partial charge in [0.25, 0.3) is 0 Å². The molecule has 0 aliphatic rings. The molecule has 1 aromatic heterocycles. The summed E-state index contributed by atoms with van der Waals surface area (Å²) in [5, 5.41) is 11.8. The van der Waals surface area contributed by atoms with Crippen LogP contribution in [0.15, 0.2) is 16.5 Å². The first-order chi connectivity index (χ1) is 6.94. The summed E-state index contributed by atoms with van der Waals surface area (Å²) in [5.74, 6) is -0.577. The van der Waals surface area contributed by atoms with Gasteiger partial charge in [0.05, 0.1) is 0 Å². The first-order valence-corrected chi connectivity index (χ1v) is 5.06. The highest BCUT2D eigenvalue weighted by Gasteiger charge is 2.18. The van der Waals surface area contributed by atoms with Crippen molar-refractivity contribution in [2.75, 3.05) is 5.32 Å². The second-order valence-corrected chi connectivity index (χ2v) is 4.23. The number of nitrogens with one attached hydrogen (secondary N) is 1. The number of furan rings is 1. The maximum atomic E-state index is 10.6. The highest BCUT2D eigenvalue weighted by Crippen LogP contribution is 2.21. The molecule has 0 radical (unpaired) electrons. The van der Waals surface area contributed by atoms with Crippen LogP contribution in [-0.4, -0.2) is 16.6 Å². The molecule has 4 heteroatoms. The summed E-state index contributed by atoms with van der Waals surface area (Å²) < 4.78 is 5.12. The number of carbonyl (C=O) groups is 1. The van der Waals surface area contributed by atoms with Crippen LogP contribution in [0, 0.1) is 0 Å². The van der Waals surface area contributed by atoms with Gasteiger partial charge in [0.15, 0.2) is 5.88 Å². The van der Waals surface area contributed by atoms with E-state index in [2.05, 4.69) is 26.1 Å². The highest BCUT2D eigenvalue weighted by atomic mass is 16.4. The number of rotatable bonds is 5. The number of carboxylic acids is 1. The minimum absolute atomic E-state index is 0.0372. The zero-order chi connectivity index (χ0) is 11.5. The van der Waals surface area contributed by atoms with Gasteiger partial charge in [-0.25, -0.2) is 4.79 Å². The zero-order valence-corrected chi connectivity index (χ0v) is 9.33. The molecule has 4 nitrogen and oxygen atoms in total. The highest BCUT2D eigenvalue weighted by molar-refractivity contribution is 5.84. The van der Waals surface area contributed by atoms with Crippen molar-refractivity contribution in [1.29, 1.82) is 0 Å². The SMILES string of the molecule is CCCC(C)(C)Nc1ccc(C(=O)O)o1. The summed E-state index contributed by atoms with van der Waals surface area (Å²) in [6, 6.07) is 3.09. The van der Waals surface area contributed by atoms with Gasteiger partial charge in [-0.3, -0.25) is 0 Å². The lowest BCUT2D eigenvalue weighted by molar-refractivity contribution is 0.0663. The molecule has 0 spiro atoms. The Balaban J connectivity index is 2.68. The van der Waals surface area contributed by atoms with E-state index in [9.17, 15) is 4.79 Å². The number of carboxylic acid groups (broad SMARTS) is 1. The topological polar surface area (TPSA) is 62.5 Å². The Labute approximate surface area is 89.3 Å². The lowest BCUT2D eigenvalue weighted by atomic mass is 9.99. The van der Waals surface area contributed by atoms with Crippen LogP contribution in [0.4, 0.5) is 5.88 Å². The third-order valence-corrected chi connectivity index (χ3v) is 2.15. The van der Waals surface area contributed by atoms with Crippen LogP contribution in [0.3, 0.4) is 0 Å². The normalized spacial score (nSPS) is 11.4. The van der Waals surface area contributed by atoms with Gasteiger partial charge in [-0.2, -0.15) is 0 Å². The Bertz CT molecular complexity index is 341. The molecule has 0 unspecified atom stereocenters. The first kappa shape index (κ1) is 11.6. The van der Waals surface area contributed by atoms with Gasteiger partial charge >= 0.3 is 5.97 Å². The van der Waals surface area contributed by atoms with Crippen molar-refractivity contribution in [3.8, 4) is 0 Å². The molecule has 2 N–H and O–H groups in total. The third kappa shape index (κ3) is 3.31. The van der Waals surface area contributed by atoms with Gasteiger partial charge in [-0.1, -0.05) is 13.3 Å². The molecule has 1 rings (SSSR count). The zero-order valence-electron chi connectivity index (χ0n) is 9.33. The fourth-order valence-electron chi connectivity index (χ4n) is 1.54. The molecule has 0 saturated carbocycles. The maximum absolute atomic E-state index is 10.6. The van der Waals surface area contributed by atoms with Crippen molar-refractivity contribution < 1.29 is 14.3 Å². The third-order valence-electron chi connectivity index (χ3n) is 2.15. The second kappa shape index (κ2) is 4.38. The van der Waals surface area contributed by atoms with Crippen LogP contribution < -0.4 is 5.32 Å². The Morgan fingerprint density at radius 3 is 2.67 bits per heavy atom. The van der Waals surface area contributed by atoms with E-state index < -0.39 is 5.97 Å². The van der Waals surface area contributed by atoms with Crippen molar-refractivity contribution in [3.05, 3.63) is 17.9 Å². The van der Waals surface area contributed by atoms with E-state index in [1.165, 1.54) is 6.07 Å². The molecule has 0 aromatic carbocycles. The van der Waals surface area contributed by atoms with Crippen LogP contribution in [0.25, 0.3) is 0 Å². The summed E-state index contributed by atoms with van der Waals surface area (Å²) in [5.41, 5.74) is -0.0810. The summed E-state index contributed by atoms with van der Waals surface area (Å²) >= 11 is 0. The van der Waals surface area contributed by atoms with Crippen LogP contribution in [0.5, 0.6) is 0 Å². The molecule has 1 aromatic rings. The minimum Gasteiger partial charge on any atom is -0.475 e. The van der Waals surface area contributed by atoms with E-state index in [0.717, 1.165) is 12.8 Å². The molecule has 1 heterocycles. The van der Waals surface area contributed by atoms with E-state index in [1.54, 1.807) is 6.07 Å². The van der Waals surface area contributed by atoms with Gasteiger partial charge in [-0.05, 0) is 26.3 Å². The number of hydrogen-bond acceptors (Lipinski definition) is 3. The van der Waals surface area contributed by atoms with Crippen LogP contribution in [0.2, 0.25) is 0 Å². The molecule has 0 fully saturated rings. The summed E-state index contributed by atoms with van der Waals surface area (Å²) in [4.78, 5) is 10.6. The average molecular weight is 211 g/mol. The lowest BCUT2D eigenvalue weighted by Gasteiger charge is -2.25. The van der Waals surface area contributed by atoms with Crippen molar-refractivity contribution in [2.24, 2.45) is 0 Å². The van der Waals surface area contributed by atoms with Crippen LogP contribution >= 0.6 is 0 Å². The van der Waals surface area contributed by atoms with Gasteiger partial charge in [-0.15, -0.1) is 0 Å². The molecule has 0 saturated heterocycles. The first-order valence-electron chi connectivity index (χ1n) is 5.06. The minimum atomic E-state index is -1.05. The summed E-state index contributed by atoms with van der Waals surface area (Å²) in [7, 11) is 0. The monoisotopic (exact) mass is 211 g/mol. The van der Waals surface area contributed by atoms with Crippen molar-refractivity contribution in [3.63, 3.8) is 0 Å². The molecule has 84 valence electrons. The van der Waals surface area contributed by atoms with Crippen LogP contribution in [-0.2, 0) is 0 Å². The quantitative estimate of drug-likeness (QED) is 0.786. The smallest absolute Gasteiger partial charge is 0.371 e. The Hall–Kier alpha value is -1.45. The van der Waals surface area contributed by atoms with E-state index in [0.29, 0.717) is 5.88 Å². The molecule has 0 bridgehead atoms. The van der Waals surface area contributed by atoms with Crippen molar-refractivity contribution in [2.45, 2.75) is 39.2 Å². The Kier molecular flexibility index (Phi) is 3.39. The standard InChI is InChI=1S/C11H17NO3/c1-4-7-11(2,3)12-9-6-5-8(15-9)10(13)14/h5-6,12H,4,7H2,1-3H3,(H,13,14). The number of aromatic carboxylic acids is 1. The predicted molar refractivity (Wildman–Crippen MR) is 58.3 cm³/mol. The molecule has 0 aliphatic heterocycles. The number of anilines is 1. The number of hydrogen-bond donors (Lipinski definition) is 2.